The van der Waals surface area contributed by atoms with Crippen LogP contribution in [0.25, 0.3) is 10.9 Å². The quantitative estimate of drug-likeness (QED) is 0.718. The van der Waals surface area contributed by atoms with E-state index in [0.717, 1.165) is 15.8 Å². The third-order valence-electron chi connectivity index (χ3n) is 3.37. The van der Waals surface area contributed by atoms with Gasteiger partial charge in [0.1, 0.15) is 5.82 Å². The van der Waals surface area contributed by atoms with E-state index in [1.54, 1.807) is 18.3 Å². The summed E-state index contributed by atoms with van der Waals surface area (Å²) in [5, 5.41) is 3.44. The van der Waals surface area contributed by atoms with Crippen LogP contribution in [-0.4, -0.2) is 16.1 Å². The third-order valence-corrected chi connectivity index (χ3v) is 4.55. The molecular weight excluding hydrogens is 311 g/mol. The van der Waals surface area contributed by atoms with Gasteiger partial charge < -0.3 is 5.32 Å². The minimum Gasteiger partial charge on any atom is -0.325 e. The fourth-order valence-electron chi connectivity index (χ4n) is 2.23. The average molecular weight is 326 g/mol. The summed E-state index contributed by atoms with van der Waals surface area (Å²) in [7, 11) is 0. The molecule has 0 aliphatic heterocycles. The smallest absolute Gasteiger partial charge is 0.237 e. The van der Waals surface area contributed by atoms with E-state index in [4.69, 9.17) is 0 Å². The fraction of sp³-hybridized carbons (Fsp3) is 0.111. The Morgan fingerprint density at radius 2 is 2.00 bits per heavy atom. The van der Waals surface area contributed by atoms with E-state index in [1.807, 2.05) is 37.3 Å². The molecule has 2 aromatic carbocycles. The van der Waals surface area contributed by atoms with E-state index in [1.165, 1.54) is 23.9 Å². The Hall–Kier alpha value is -2.40. The average Bonchev–Trinajstić information content (AvgIpc) is 2.55. The zero-order valence-electron chi connectivity index (χ0n) is 12.5. The van der Waals surface area contributed by atoms with Gasteiger partial charge >= 0.3 is 0 Å². The molecule has 1 amide bonds. The summed E-state index contributed by atoms with van der Waals surface area (Å²) in [6.07, 6.45) is 1.74. The molecule has 0 fully saturated rings. The van der Waals surface area contributed by atoms with Crippen molar-refractivity contribution in [3.63, 3.8) is 0 Å². The number of hydrogen-bond acceptors (Lipinski definition) is 3. The van der Waals surface area contributed by atoms with Crippen molar-refractivity contribution < 1.29 is 9.18 Å². The van der Waals surface area contributed by atoms with Crippen molar-refractivity contribution >= 4 is 34.3 Å². The number of para-hydroxylation sites is 1. The lowest BCUT2D eigenvalue weighted by Crippen LogP contribution is -2.22. The van der Waals surface area contributed by atoms with Crippen LogP contribution < -0.4 is 5.32 Å². The highest BCUT2D eigenvalue weighted by Gasteiger charge is 2.16. The summed E-state index contributed by atoms with van der Waals surface area (Å²) in [6, 6.07) is 15.6. The standard InChI is InChI=1S/C18H15FN2OS/c1-12(18(22)21-14-6-4-5-13(19)11-14)23-17-9-10-20-16-8-3-2-7-15(16)17/h2-12H,1H3,(H,21,22). The van der Waals surface area contributed by atoms with Gasteiger partial charge in [-0.25, -0.2) is 4.39 Å². The SMILES string of the molecule is CC(Sc1ccnc2ccccc12)C(=O)Nc1cccc(F)c1. The van der Waals surface area contributed by atoms with E-state index in [-0.39, 0.29) is 17.0 Å². The molecule has 0 aliphatic rings. The number of hydrogen-bond donors (Lipinski definition) is 1. The number of benzene rings is 2. The third kappa shape index (κ3) is 3.68. The molecule has 0 saturated carbocycles. The van der Waals surface area contributed by atoms with Gasteiger partial charge in [0.15, 0.2) is 0 Å². The van der Waals surface area contributed by atoms with Gasteiger partial charge in [0.25, 0.3) is 0 Å². The second-order valence-corrected chi connectivity index (χ2v) is 6.47. The first-order valence-electron chi connectivity index (χ1n) is 7.20. The molecule has 0 aliphatic carbocycles. The number of thioether (sulfide) groups is 1. The van der Waals surface area contributed by atoms with Crippen molar-refractivity contribution in [2.24, 2.45) is 0 Å². The first kappa shape index (κ1) is 15.5. The van der Waals surface area contributed by atoms with Crippen LogP contribution >= 0.6 is 11.8 Å². The molecule has 116 valence electrons. The molecule has 1 atom stereocenters. The maximum Gasteiger partial charge on any atom is 0.237 e. The van der Waals surface area contributed by atoms with E-state index in [0.29, 0.717) is 5.69 Å². The minimum absolute atomic E-state index is 0.165. The minimum atomic E-state index is -0.372. The molecule has 3 rings (SSSR count). The molecule has 1 N–H and O–H groups in total. The number of fused-ring (bicyclic) bond motifs is 1. The largest absolute Gasteiger partial charge is 0.325 e. The number of amides is 1. The molecule has 0 spiro atoms. The molecular formula is C18H15FN2OS. The zero-order chi connectivity index (χ0) is 16.2. The Morgan fingerprint density at radius 3 is 2.83 bits per heavy atom. The number of carbonyl (C=O) groups excluding carboxylic acids is 1. The highest BCUT2D eigenvalue weighted by molar-refractivity contribution is 8.00. The number of rotatable bonds is 4. The van der Waals surface area contributed by atoms with E-state index >= 15 is 0 Å². The van der Waals surface area contributed by atoms with Gasteiger partial charge in [-0.3, -0.25) is 9.78 Å². The number of aromatic nitrogens is 1. The predicted molar refractivity (Wildman–Crippen MR) is 92.1 cm³/mol. The summed E-state index contributed by atoms with van der Waals surface area (Å²) < 4.78 is 13.2. The first-order chi connectivity index (χ1) is 11.1. The summed E-state index contributed by atoms with van der Waals surface area (Å²) in [5.74, 6) is -0.537. The van der Waals surface area contributed by atoms with Crippen LogP contribution in [-0.2, 0) is 4.79 Å². The van der Waals surface area contributed by atoms with Gasteiger partial charge in [-0.1, -0.05) is 24.3 Å². The van der Waals surface area contributed by atoms with Gasteiger partial charge in [0, 0.05) is 22.2 Å². The Balaban J connectivity index is 1.75. The Bertz CT molecular complexity index is 848. The maximum absolute atomic E-state index is 13.2. The second-order valence-electron chi connectivity index (χ2n) is 5.09. The highest BCUT2D eigenvalue weighted by Crippen LogP contribution is 2.30. The molecule has 1 unspecified atom stereocenters. The molecule has 0 radical (unpaired) electrons. The van der Waals surface area contributed by atoms with Crippen molar-refractivity contribution in [3.05, 3.63) is 66.6 Å². The van der Waals surface area contributed by atoms with Gasteiger partial charge in [-0.05, 0) is 37.3 Å². The van der Waals surface area contributed by atoms with Gasteiger partial charge in [-0.2, -0.15) is 0 Å². The number of halogens is 1. The van der Waals surface area contributed by atoms with Crippen LogP contribution in [0.15, 0.2) is 65.7 Å². The second kappa shape index (κ2) is 6.79. The van der Waals surface area contributed by atoms with Crippen molar-refractivity contribution in [1.29, 1.82) is 0 Å². The van der Waals surface area contributed by atoms with Crippen LogP contribution in [0.4, 0.5) is 10.1 Å². The molecule has 3 nitrogen and oxygen atoms in total. The van der Waals surface area contributed by atoms with Gasteiger partial charge in [0.2, 0.25) is 5.91 Å². The summed E-state index contributed by atoms with van der Waals surface area (Å²) in [6.45, 7) is 1.83. The summed E-state index contributed by atoms with van der Waals surface area (Å²) in [4.78, 5) is 17.6. The molecule has 3 aromatic rings. The van der Waals surface area contributed by atoms with Crippen molar-refractivity contribution in [1.82, 2.24) is 4.98 Å². The number of anilines is 1. The fourth-order valence-corrected chi connectivity index (χ4v) is 3.21. The molecule has 23 heavy (non-hydrogen) atoms. The van der Waals surface area contributed by atoms with Crippen LogP contribution in [0.1, 0.15) is 6.92 Å². The Labute approximate surface area is 137 Å². The van der Waals surface area contributed by atoms with Crippen LogP contribution in [0, 0.1) is 5.82 Å². The molecule has 0 saturated heterocycles. The Morgan fingerprint density at radius 1 is 1.17 bits per heavy atom. The molecule has 0 bridgehead atoms. The lowest BCUT2D eigenvalue weighted by Gasteiger charge is -2.13. The van der Waals surface area contributed by atoms with Crippen molar-refractivity contribution in [2.45, 2.75) is 17.1 Å². The molecule has 1 aromatic heterocycles. The highest BCUT2D eigenvalue weighted by atomic mass is 32.2. The van der Waals surface area contributed by atoms with E-state index < -0.39 is 0 Å². The van der Waals surface area contributed by atoms with Crippen LogP contribution in [0.3, 0.4) is 0 Å². The number of nitrogens with zero attached hydrogens (tertiary/aromatic N) is 1. The Kier molecular flexibility index (Phi) is 4.57. The van der Waals surface area contributed by atoms with Gasteiger partial charge in [-0.15, -0.1) is 11.8 Å². The van der Waals surface area contributed by atoms with Crippen LogP contribution in [0.5, 0.6) is 0 Å². The molecule has 1 heterocycles. The normalized spacial score (nSPS) is 12.1. The zero-order valence-corrected chi connectivity index (χ0v) is 13.3. The predicted octanol–water partition coefficient (Wildman–Crippen LogP) is 4.49. The maximum atomic E-state index is 13.2. The van der Waals surface area contributed by atoms with Crippen LogP contribution in [0.2, 0.25) is 0 Å². The van der Waals surface area contributed by atoms with E-state index in [9.17, 15) is 9.18 Å². The monoisotopic (exact) mass is 326 g/mol. The molecule has 5 heteroatoms. The first-order valence-corrected chi connectivity index (χ1v) is 8.08. The number of carbonyl (C=O) groups is 1. The van der Waals surface area contributed by atoms with E-state index in [2.05, 4.69) is 10.3 Å². The topological polar surface area (TPSA) is 42.0 Å². The summed E-state index contributed by atoms with van der Waals surface area (Å²) >= 11 is 1.46. The van der Waals surface area contributed by atoms with Crippen molar-refractivity contribution in [3.8, 4) is 0 Å². The van der Waals surface area contributed by atoms with Crippen molar-refractivity contribution in [2.75, 3.05) is 5.32 Å². The summed E-state index contributed by atoms with van der Waals surface area (Å²) in [5.41, 5.74) is 1.36. The number of pyridine rings is 1. The lowest BCUT2D eigenvalue weighted by atomic mass is 10.2. The van der Waals surface area contributed by atoms with Gasteiger partial charge in [0.05, 0.1) is 10.8 Å². The number of nitrogens with one attached hydrogen (secondary N) is 1. The lowest BCUT2D eigenvalue weighted by molar-refractivity contribution is -0.115.